The lowest BCUT2D eigenvalue weighted by atomic mass is 9.96. The van der Waals surface area contributed by atoms with Gasteiger partial charge >= 0.3 is 0 Å². The van der Waals surface area contributed by atoms with Crippen molar-refractivity contribution in [3.05, 3.63) is 77.1 Å². The largest absolute Gasteiger partial charge is 0.481 e. The minimum Gasteiger partial charge on any atom is -0.481 e. The van der Waals surface area contributed by atoms with Crippen molar-refractivity contribution in [1.82, 2.24) is 30.7 Å². The molecule has 3 aromatic rings. The number of nitrogens with zero attached hydrogens (tertiary/aromatic N) is 4. The third-order valence-corrected chi connectivity index (χ3v) is 10.0. The van der Waals surface area contributed by atoms with Gasteiger partial charge in [0.2, 0.25) is 11.8 Å². The number of rotatable bonds is 8. The van der Waals surface area contributed by atoms with Crippen molar-refractivity contribution in [2.24, 2.45) is 0 Å². The molecule has 4 amide bonds. The molecule has 7 rings (SSSR count). The number of carbonyl (C=O) groups excluding carboxylic acids is 4. The summed E-state index contributed by atoms with van der Waals surface area (Å²) in [6.45, 7) is 6.29. The van der Waals surface area contributed by atoms with Crippen LogP contribution in [0, 0.1) is 12.3 Å². The molecule has 3 saturated heterocycles. The van der Waals surface area contributed by atoms with E-state index >= 15 is 0 Å². The van der Waals surface area contributed by atoms with E-state index in [1.165, 1.54) is 11.1 Å². The number of piperidine rings is 2. The Bertz CT molecular complexity index is 1820. The first kappa shape index (κ1) is 33.3. The average Bonchev–Trinajstić information content (AvgIpc) is 3.62. The summed E-state index contributed by atoms with van der Waals surface area (Å²) in [4.78, 5) is 60.7. The van der Waals surface area contributed by atoms with Gasteiger partial charge in [-0.15, -0.1) is 6.42 Å². The Morgan fingerprint density at radius 3 is 2.44 bits per heavy atom. The Morgan fingerprint density at radius 2 is 1.70 bits per heavy atom. The van der Waals surface area contributed by atoms with Crippen LogP contribution in [0.4, 0.5) is 5.69 Å². The molecule has 0 unspecified atom stereocenters. The fraction of sp³-hybridized carbons (Fsp3) is 0.395. The van der Waals surface area contributed by atoms with Crippen LogP contribution in [0.15, 0.2) is 54.7 Å². The number of fused-ring (bicyclic) bond motifs is 1. The van der Waals surface area contributed by atoms with Crippen molar-refractivity contribution in [1.29, 1.82) is 0 Å². The monoisotopic (exact) mass is 675 g/mol. The van der Waals surface area contributed by atoms with Gasteiger partial charge in [0.1, 0.15) is 11.4 Å². The van der Waals surface area contributed by atoms with Crippen LogP contribution in [0.5, 0.6) is 5.75 Å². The second kappa shape index (κ2) is 14.7. The number of hydrogen-bond acceptors (Lipinski definition) is 9. The van der Waals surface area contributed by atoms with Crippen molar-refractivity contribution in [2.75, 3.05) is 50.7 Å². The number of pyridine rings is 1. The van der Waals surface area contributed by atoms with E-state index in [0.717, 1.165) is 56.1 Å². The SMILES string of the molecule is C#Cc1c(-c2ccc3c(c2)CNC3)ccnc1C(=O)NC1CCN(C(=O)CN2CCN(c3ccc(O[C@@H]4CCC(=O)NC4=O)cc3)CC2)CC1. The molecule has 50 heavy (non-hydrogen) atoms. The number of likely N-dealkylation sites (tertiary alicyclic amines) is 1. The molecule has 1 atom stereocenters. The van der Waals surface area contributed by atoms with E-state index in [0.29, 0.717) is 50.2 Å². The van der Waals surface area contributed by atoms with Gasteiger partial charge in [0.25, 0.3) is 11.8 Å². The lowest BCUT2D eigenvalue weighted by molar-refractivity contribution is -0.139. The van der Waals surface area contributed by atoms with E-state index in [9.17, 15) is 19.2 Å². The smallest absolute Gasteiger partial charge is 0.271 e. The second-order valence-corrected chi connectivity index (χ2v) is 13.3. The zero-order chi connectivity index (χ0) is 34.6. The summed E-state index contributed by atoms with van der Waals surface area (Å²) in [6.07, 6.45) is 8.87. The van der Waals surface area contributed by atoms with Crippen LogP contribution in [0.25, 0.3) is 11.1 Å². The van der Waals surface area contributed by atoms with E-state index < -0.39 is 12.0 Å². The Kier molecular flexibility index (Phi) is 9.78. The van der Waals surface area contributed by atoms with Crippen LogP contribution in [0.3, 0.4) is 0 Å². The number of hydrogen-bond donors (Lipinski definition) is 3. The van der Waals surface area contributed by atoms with Gasteiger partial charge in [-0.3, -0.25) is 29.4 Å². The van der Waals surface area contributed by atoms with Crippen molar-refractivity contribution in [2.45, 2.75) is 50.9 Å². The number of benzene rings is 2. The van der Waals surface area contributed by atoms with Crippen LogP contribution < -0.4 is 25.6 Å². The van der Waals surface area contributed by atoms with Crippen LogP contribution >= 0.6 is 0 Å². The average molecular weight is 676 g/mol. The molecule has 1 aromatic heterocycles. The molecule has 12 nitrogen and oxygen atoms in total. The van der Waals surface area contributed by atoms with Gasteiger partial charge in [0.05, 0.1) is 12.1 Å². The molecule has 0 radical (unpaired) electrons. The van der Waals surface area contributed by atoms with Gasteiger partial charge in [0, 0.05) is 88.7 Å². The van der Waals surface area contributed by atoms with Crippen molar-refractivity contribution < 1.29 is 23.9 Å². The minimum atomic E-state index is -0.662. The summed E-state index contributed by atoms with van der Waals surface area (Å²) < 4.78 is 5.80. The molecular formula is C38H41N7O5. The van der Waals surface area contributed by atoms with Crippen molar-refractivity contribution >= 4 is 29.3 Å². The highest BCUT2D eigenvalue weighted by molar-refractivity contribution is 6.00. The fourth-order valence-electron chi connectivity index (χ4n) is 7.15. The molecule has 4 aliphatic rings. The highest BCUT2D eigenvalue weighted by Gasteiger charge is 2.30. The maximum Gasteiger partial charge on any atom is 0.271 e. The zero-order valence-electron chi connectivity index (χ0n) is 28.0. The first-order valence-corrected chi connectivity index (χ1v) is 17.3. The number of carbonyl (C=O) groups is 4. The molecule has 0 aliphatic carbocycles. The van der Waals surface area contributed by atoms with E-state index in [-0.39, 0.29) is 35.9 Å². The van der Waals surface area contributed by atoms with Crippen LogP contribution in [-0.2, 0) is 27.5 Å². The Balaban J connectivity index is 0.859. The first-order valence-electron chi connectivity index (χ1n) is 17.3. The molecule has 12 heteroatoms. The van der Waals surface area contributed by atoms with Crippen LogP contribution in [0.2, 0.25) is 0 Å². The number of aromatic nitrogens is 1. The number of terminal acetylenes is 1. The molecule has 0 spiro atoms. The molecule has 258 valence electrons. The molecule has 3 fully saturated rings. The number of piperazine rings is 1. The Labute approximate surface area is 291 Å². The minimum absolute atomic E-state index is 0.0712. The van der Waals surface area contributed by atoms with Crippen LogP contribution in [-0.4, -0.2) is 96.4 Å². The summed E-state index contributed by atoms with van der Waals surface area (Å²) in [5, 5.41) is 8.79. The molecule has 0 bridgehead atoms. The second-order valence-electron chi connectivity index (χ2n) is 13.3. The van der Waals surface area contributed by atoms with Gasteiger partial charge < -0.3 is 25.2 Å². The van der Waals surface area contributed by atoms with Gasteiger partial charge in [-0.2, -0.15) is 0 Å². The molecular weight excluding hydrogens is 634 g/mol. The third-order valence-electron chi connectivity index (χ3n) is 10.0. The van der Waals surface area contributed by atoms with Gasteiger partial charge in [0.15, 0.2) is 6.10 Å². The highest BCUT2D eigenvalue weighted by atomic mass is 16.5. The van der Waals surface area contributed by atoms with E-state index in [4.69, 9.17) is 11.2 Å². The number of amides is 4. The highest BCUT2D eigenvalue weighted by Crippen LogP contribution is 2.29. The fourth-order valence-corrected chi connectivity index (χ4v) is 7.15. The van der Waals surface area contributed by atoms with E-state index in [1.807, 2.05) is 41.3 Å². The number of imide groups is 1. The van der Waals surface area contributed by atoms with E-state index in [1.54, 1.807) is 6.20 Å². The predicted octanol–water partition coefficient (Wildman–Crippen LogP) is 2.06. The number of ether oxygens (including phenoxy) is 1. The maximum atomic E-state index is 13.4. The summed E-state index contributed by atoms with van der Waals surface area (Å²) in [5.74, 6) is 2.45. The summed E-state index contributed by atoms with van der Waals surface area (Å²) in [5.41, 5.74) is 6.08. The third kappa shape index (κ3) is 7.34. The number of nitrogens with one attached hydrogen (secondary N) is 3. The van der Waals surface area contributed by atoms with Gasteiger partial charge in [-0.05, 0) is 65.9 Å². The molecule has 0 saturated carbocycles. The normalized spacial score (nSPS) is 19.8. The maximum absolute atomic E-state index is 13.4. The summed E-state index contributed by atoms with van der Waals surface area (Å²) >= 11 is 0. The molecule has 2 aromatic carbocycles. The molecule has 3 N–H and O–H groups in total. The first-order chi connectivity index (χ1) is 24.3. The molecule has 5 heterocycles. The standard InChI is InChI=1S/C38H41N7O5/c1-2-31-32(25-3-4-26-22-39-23-27(26)21-25)11-14-40-36(31)38(49)41-28-12-15-45(16-13-28)35(47)24-43-17-19-44(20-18-43)29-5-7-30(8-6-29)50-33-9-10-34(46)42-37(33)48/h1,3-8,11,14,21,28,33,39H,9-10,12-13,15-20,22-24H2,(H,41,49)(H,42,46,48)/t33-/m1/s1. The van der Waals surface area contributed by atoms with Crippen LogP contribution in [0.1, 0.15) is 52.9 Å². The predicted molar refractivity (Wildman–Crippen MR) is 187 cm³/mol. The Morgan fingerprint density at radius 1 is 0.940 bits per heavy atom. The molecule has 4 aliphatic heterocycles. The van der Waals surface area contributed by atoms with Gasteiger partial charge in [-0.25, -0.2) is 4.98 Å². The number of anilines is 1. The quantitative estimate of drug-likeness (QED) is 0.242. The summed E-state index contributed by atoms with van der Waals surface area (Å²) in [7, 11) is 0. The lowest BCUT2D eigenvalue weighted by Gasteiger charge is -2.38. The zero-order valence-corrected chi connectivity index (χ0v) is 28.0. The van der Waals surface area contributed by atoms with E-state index in [2.05, 4.69) is 48.8 Å². The topological polar surface area (TPSA) is 136 Å². The Hall–Kier alpha value is -5.25. The summed E-state index contributed by atoms with van der Waals surface area (Å²) in [6, 6.07) is 15.7. The van der Waals surface area contributed by atoms with Gasteiger partial charge in [-0.1, -0.05) is 18.1 Å². The lowest BCUT2D eigenvalue weighted by Crippen LogP contribution is -2.52. The van der Waals surface area contributed by atoms with Crippen molar-refractivity contribution in [3.8, 4) is 29.2 Å². The van der Waals surface area contributed by atoms with Crippen molar-refractivity contribution in [3.63, 3.8) is 0 Å².